The van der Waals surface area contributed by atoms with E-state index in [0.29, 0.717) is 0 Å². The molecule has 0 spiro atoms. The maximum atomic E-state index is 2.78. The van der Waals surface area contributed by atoms with Crippen molar-refractivity contribution in [2.75, 3.05) is 14.7 Å². The molecule has 0 amide bonds. The summed E-state index contributed by atoms with van der Waals surface area (Å²) in [5, 5.41) is 0. The van der Waals surface area contributed by atoms with E-state index in [1.165, 1.54) is 126 Å². The first-order valence-electron chi connectivity index (χ1n) is 26.7. The summed E-state index contributed by atoms with van der Waals surface area (Å²) >= 11 is 0. The average molecular weight is 934 g/mol. The second-order valence-corrected chi connectivity index (χ2v) is 26.3. The number of fused-ring (bicyclic) bond motifs is 7. The van der Waals surface area contributed by atoms with Crippen molar-refractivity contribution in [1.29, 1.82) is 0 Å². The molecule has 0 bridgehead atoms. The fourth-order valence-electron chi connectivity index (χ4n) is 13.0. The van der Waals surface area contributed by atoms with E-state index in [9.17, 15) is 0 Å². The van der Waals surface area contributed by atoms with Crippen molar-refractivity contribution in [1.82, 2.24) is 0 Å². The molecule has 7 aromatic rings. The number of hydrogen-bond acceptors (Lipinski definition) is 3. The Hall–Kier alpha value is -6.00. The van der Waals surface area contributed by atoms with Crippen LogP contribution in [0.3, 0.4) is 0 Å². The number of nitrogens with zero attached hydrogens (tertiary/aromatic N) is 3. The van der Waals surface area contributed by atoms with Crippen LogP contribution in [0.25, 0.3) is 11.1 Å². The van der Waals surface area contributed by atoms with E-state index in [-0.39, 0.29) is 39.3 Å². The van der Waals surface area contributed by atoms with Crippen LogP contribution >= 0.6 is 0 Å². The zero-order valence-electron chi connectivity index (χ0n) is 45.5. The van der Waals surface area contributed by atoms with E-state index >= 15 is 0 Å². The van der Waals surface area contributed by atoms with E-state index in [4.69, 9.17) is 0 Å². The lowest BCUT2D eigenvalue weighted by molar-refractivity contribution is 0.195. The molecule has 3 heterocycles. The van der Waals surface area contributed by atoms with E-state index in [2.05, 4.69) is 258 Å². The number of benzene rings is 7. The van der Waals surface area contributed by atoms with Crippen LogP contribution in [-0.2, 0) is 27.1 Å². The van der Waals surface area contributed by atoms with Crippen molar-refractivity contribution in [2.24, 2.45) is 0 Å². The van der Waals surface area contributed by atoms with Gasteiger partial charge < -0.3 is 14.7 Å². The molecular formula is C67H76BN3. The molecule has 1 saturated carbocycles. The third-order valence-electron chi connectivity index (χ3n) is 17.6. The summed E-state index contributed by atoms with van der Waals surface area (Å²) in [6.07, 6.45) is 4.80. The Kier molecular flexibility index (Phi) is 10.7. The second kappa shape index (κ2) is 16.0. The van der Waals surface area contributed by atoms with E-state index in [0.717, 1.165) is 6.42 Å². The third-order valence-corrected chi connectivity index (χ3v) is 17.6. The molecule has 4 aliphatic rings. The van der Waals surface area contributed by atoms with Gasteiger partial charge in [-0.2, -0.15) is 0 Å². The summed E-state index contributed by atoms with van der Waals surface area (Å²) in [4.78, 5) is 8.03. The lowest BCUT2D eigenvalue weighted by Crippen LogP contribution is -2.61. The minimum Gasteiger partial charge on any atom is -0.334 e. The highest BCUT2D eigenvalue weighted by molar-refractivity contribution is 7.00. The highest BCUT2D eigenvalue weighted by Crippen LogP contribution is 2.62. The predicted octanol–water partition coefficient (Wildman–Crippen LogP) is 16.7. The minimum absolute atomic E-state index is 0.0129. The highest BCUT2D eigenvalue weighted by Gasteiger charge is 2.58. The third kappa shape index (κ3) is 7.43. The molecular weight excluding hydrogens is 858 g/mol. The number of rotatable bonds is 4. The monoisotopic (exact) mass is 934 g/mol. The van der Waals surface area contributed by atoms with E-state index < -0.39 is 0 Å². The Labute approximate surface area is 427 Å². The molecule has 3 aliphatic heterocycles. The molecule has 4 heteroatoms. The molecule has 71 heavy (non-hydrogen) atoms. The largest absolute Gasteiger partial charge is 0.334 e. The van der Waals surface area contributed by atoms with Gasteiger partial charge in [-0.15, -0.1) is 0 Å². The van der Waals surface area contributed by atoms with Crippen molar-refractivity contribution in [3.05, 3.63) is 173 Å². The van der Waals surface area contributed by atoms with Gasteiger partial charge in [0, 0.05) is 50.9 Å². The van der Waals surface area contributed by atoms with Crippen molar-refractivity contribution in [2.45, 2.75) is 162 Å². The first-order chi connectivity index (χ1) is 33.4. The van der Waals surface area contributed by atoms with E-state index in [1.54, 1.807) is 0 Å². The van der Waals surface area contributed by atoms with Crippen LogP contribution in [0.1, 0.15) is 156 Å². The van der Waals surface area contributed by atoms with Crippen LogP contribution in [-0.4, -0.2) is 12.3 Å². The minimum atomic E-state index is -0.112. The maximum absolute atomic E-state index is 2.78. The lowest BCUT2D eigenvalue weighted by atomic mass is 9.33. The van der Waals surface area contributed by atoms with Crippen LogP contribution in [0.5, 0.6) is 0 Å². The first-order valence-corrected chi connectivity index (χ1v) is 26.7. The molecule has 0 aromatic heterocycles. The fraction of sp³-hybridized carbons (Fsp3) is 0.373. The summed E-state index contributed by atoms with van der Waals surface area (Å²) < 4.78 is 0. The van der Waals surface area contributed by atoms with Crippen molar-refractivity contribution < 1.29 is 0 Å². The molecule has 1 fully saturated rings. The van der Waals surface area contributed by atoms with Gasteiger partial charge in [0.15, 0.2) is 0 Å². The molecule has 0 saturated heterocycles. The molecule has 7 aromatic carbocycles. The predicted molar refractivity (Wildman–Crippen MR) is 308 cm³/mol. The van der Waals surface area contributed by atoms with Crippen LogP contribution < -0.4 is 31.1 Å². The number of aryl methyl sites for hydroxylation is 1. The Balaban J connectivity index is 1.20. The molecule has 0 N–H and O–H groups in total. The van der Waals surface area contributed by atoms with Crippen LogP contribution in [0.15, 0.2) is 140 Å². The van der Waals surface area contributed by atoms with Gasteiger partial charge in [-0.05, 0) is 176 Å². The zero-order valence-corrected chi connectivity index (χ0v) is 45.5. The molecule has 0 radical (unpaired) electrons. The number of hydrogen-bond donors (Lipinski definition) is 0. The van der Waals surface area contributed by atoms with Gasteiger partial charge in [0.2, 0.25) is 0 Å². The first kappa shape index (κ1) is 47.3. The van der Waals surface area contributed by atoms with Gasteiger partial charge in [0.1, 0.15) is 0 Å². The SMILES string of the molecule is Cc1ccccc1-c1ccc2c(c1)C1(C)CCCCC1(C)N2c1ccc2c(c1)N(c1ccc(C(C)(C)C)cc1)c1cc(C(C)(C)C)cc3c1B2c1cc(C(C)(C)C)ccc1N3c1ccc(C(C)(C)C)cc1. The topological polar surface area (TPSA) is 9.72 Å². The summed E-state index contributed by atoms with van der Waals surface area (Å²) in [7, 11) is 0. The fourth-order valence-corrected chi connectivity index (χ4v) is 13.0. The summed E-state index contributed by atoms with van der Waals surface area (Å²) in [6, 6.07) is 55.3. The maximum Gasteiger partial charge on any atom is 0.252 e. The molecule has 2 unspecified atom stereocenters. The Morgan fingerprint density at radius 3 is 1.54 bits per heavy atom. The lowest BCUT2D eigenvalue weighted by Gasteiger charge is -2.50. The van der Waals surface area contributed by atoms with Crippen molar-refractivity contribution in [3.63, 3.8) is 0 Å². The molecule has 1 aliphatic carbocycles. The Morgan fingerprint density at radius 2 is 0.958 bits per heavy atom. The molecule has 2 atom stereocenters. The zero-order chi connectivity index (χ0) is 50.4. The quantitative estimate of drug-likeness (QED) is 0.163. The van der Waals surface area contributed by atoms with Gasteiger partial charge in [0.05, 0.1) is 5.54 Å². The van der Waals surface area contributed by atoms with Crippen LogP contribution in [0.2, 0.25) is 0 Å². The molecule has 11 rings (SSSR count). The van der Waals surface area contributed by atoms with E-state index in [1.807, 2.05) is 0 Å². The standard InChI is InChI=1S/C67H76BN3/c1-43-20-16-17-21-52(43)44-22-34-56-53(38-44)66(14)36-18-19-37-67(66,15)71(56)51-32-33-54-58(42-51)70(50-30-25-46(26-31-50)63(5,6)7)60-41-48(65(11,12)13)40-59-61(60)68(54)55-39-47(64(8,9)10)27-35-57(55)69(59)49-28-23-45(24-29-49)62(2,3)4/h16-17,20-35,38-42H,18-19,36-37H2,1-15H3. The average Bonchev–Trinajstić information content (AvgIpc) is 3.52. The van der Waals surface area contributed by atoms with Crippen molar-refractivity contribution >= 4 is 68.6 Å². The summed E-state index contributed by atoms with van der Waals surface area (Å²) in [5.41, 5.74) is 24.8. The highest BCUT2D eigenvalue weighted by atomic mass is 15.3. The van der Waals surface area contributed by atoms with Gasteiger partial charge >= 0.3 is 0 Å². The van der Waals surface area contributed by atoms with Crippen molar-refractivity contribution in [3.8, 4) is 11.1 Å². The molecule has 362 valence electrons. The molecule has 3 nitrogen and oxygen atoms in total. The summed E-state index contributed by atoms with van der Waals surface area (Å²) in [5.74, 6) is 0. The van der Waals surface area contributed by atoms with Crippen LogP contribution in [0, 0.1) is 6.92 Å². The van der Waals surface area contributed by atoms with Gasteiger partial charge in [-0.1, -0.05) is 176 Å². The van der Waals surface area contributed by atoms with Gasteiger partial charge in [-0.3, -0.25) is 0 Å². The summed E-state index contributed by atoms with van der Waals surface area (Å²) in [6.45, 7) is 35.5. The number of anilines is 8. The second-order valence-electron chi connectivity index (χ2n) is 26.3. The van der Waals surface area contributed by atoms with Crippen LogP contribution in [0.4, 0.5) is 45.5 Å². The Morgan fingerprint density at radius 1 is 0.437 bits per heavy atom. The van der Waals surface area contributed by atoms with Gasteiger partial charge in [0.25, 0.3) is 6.71 Å². The Bertz CT molecular complexity index is 3240. The normalized spacial score (nSPS) is 19.5. The smallest absolute Gasteiger partial charge is 0.252 e. The van der Waals surface area contributed by atoms with Gasteiger partial charge in [-0.25, -0.2) is 0 Å².